The van der Waals surface area contributed by atoms with Gasteiger partial charge >= 0.3 is 5.97 Å². The Hall–Kier alpha value is -3.22. The minimum atomic E-state index is -0.997. The first-order valence-corrected chi connectivity index (χ1v) is 13.2. The number of unbranched alkanes of at least 4 members (excludes halogenated alkanes) is 1. The van der Waals surface area contributed by atoms with Crippen molar-refractivity contribution in [3.63, 3.8) is 0 Å². The van der Waals surface area contributed by atoms with Crippen molar-refractivity contribution in [2.24, 2.45) is 4.99 Å². The summed E-state index contributed by atoms with van der Waals surface area (Å²) in [6.45, 7) is 2.37. The van der Waals surface area contributed by atoms with Gasteiger partial charge in [-0.2, -0.15) is 0 Å². The Labute approximate surface area is 224 Å². The number of anilines is 1. The molecule has 1 fully saturated rings. The van der Waals surface area contributed by atoms with Crippen LogP contribution in [0.3, 0.4) is 0 Å². The molecule has 0 saturated carbocycles. The molecule has 206 valence electrons. The Kier molecular flexibility index (Phi) is 10.9. The molecule has 2 aliphatic heterocycles. The van der Waals surface area contributed by atoms with Crippen molar-refractivity contribution >= 4 is 35.1 Å². The lowest BCUT2D eigenvalue weighted by Gasteiger charge is -2.45. The van der Waals surface area contributed by atoms with Crippen molar-refractivity contribution < 1.29 is 28.2 Å². The van der Waals surface area contributed by atoms with Crippen LogP contribution in [0.4, 0.5) is 14.5 Å². The standard InChI is InChI=1S/C25H29F2N5O3S.CH4O/c1-3-35-25(34)21-19(14-32-13-17(27)20(32)6-4-5-10-33)30-23(24-29-9-11-36-24)31-22(21)16-8-7-15(26)12-18(16)28-2;1-2/h7-12,17,20,22,28H,3-6,13-14H2,1-2H3,(H,30,31);2H,1H3/t17?,20?,22-;/m0./s1. The van der Waals surface area contributed by atoms with Crippen LogP contribution in [0, 0.1) is 5.82 Å². The van der Waals surface area contributed by atoms with Crippen LogP contribution in [-0.2, 0) is 14.3 Å². The van der Waals surface area contributed by atoms with E-state index in [2.05, 4.69) is 15.6 Å². The normalized spacial score (nSPS) is 20.9. The van der Waals surface area contributed by atoms with Gasteiger partial charge in [-0.1, -0.05) is 6.07 Å². The second-order valence-corrected chi connectivity index (χ2v) is 9.44. The van der Waals surface area contributed by atoms with Gasteiger partial charge < -0.3 is 25.3 Å². The van der Waals surface area contributed by atoms with Crippen LogP contribution in [0.15, 0.2) is 46.0 Å². The molecule has 4 rings (SSSR count). The number of nitrogens with one attached hydrogen (secondary N) is 2. The van der Waals surface area contributed by atoms with Crippen LogP contribution >= 0.6 is 11.3 Å². The summed E-state index contributed by atoms with van der Waals surface area (Å²) in [5.74, 6) is -0.497. The largest absolute Gasteiger partial charge is 0.463 e. The van der Waals surface area contributed by atoms with Crippen LogP contribution in [-0.4, -0.2) is 79.1 Å². The maximum absolute atomic E-state index is 14.4. The van der Waals surface area contributed by atoms with Crippen molar-refractivity contribution in [2.75, 3.05) is 39.2 Å². The average Bonchev–Trinajstić information content (AvgIpc) is 3.47. The lowest BCUT2D eigenvalue weighted by molar-refractivity contribution is -0.139. The van der Waals surface area contributed by atoms with E-state index in [0.29, 0.717) is 47.1 Å². The molecule has 1 aromatic heterocycles. The number of aldehydes is 1. The summed E-state index contributed by atoms with van der Waals surface area (Å²) in [5, 5.41) is 15.7. The van der Waals surface area contributed by atoms with E-state index in [1.807, 2.05) is 10.3 Å². The summed E-state index contributed by atoms with van der Waals surface area (Å²) in [5.41, 5.74) is 1.92. The fourth-order valence-corrected chi connectivity index (χ4v) is 5.15. The molecule has 3 heterocycles. The van der Waals surface area contributed by atoms with Crippen molar-refractivity contribution in [2.45, 2.75) is 44.4 Å². The van der Waals surface area contributed by atoms with Crippen molar-refractivity contribution in [1.82, 2.24) is 15.2 Å². The number of amidine groups is 1. The Bertz CT molecular complexity index is 1160. The minimum Gasteiger partial charge on any atom is -0.463 e. The van der Waals surface area contributed by atoms with E-state index in [1.54, 1.807) is 26.2 Å². The third-order valence-electron chi connectivity index (χ3n) is 6.31. The Morgan fingerprint density at radius 3 is 2.82 bits per heavy atom. The lowest BCUT2D eigenvalue weighted by atomic mass is 9.91. The van der Waals surface area contributed by atoms with Crippen LogP contribution < -0.4 is 10.6 Å². The fraction of sp³-hybridized carbons (Fsp3) is 0.462. The molecule has 1 saturated heterocycles. The highest BCUT2D eigenvalue weighted by atomic mass is 32.1. The number of alkyl halides is 1. The van der Waals surface area contributed by atoms with E-state index in [-0.39, 0.29) is 31.3 Å². The van der Waals surface area contributed by atoms with Crippen molar-refractivity contribution in [3.05, 3.63) is 57.4 Å². The van der Waals surface area contributed by atoms with Crippen LogP contribution in [0.25, 0.3) is 0 Å². The van der Waals surface area contributed by atoms with E-state index >= 15 is 0 Å². The highest BCUT2D eigenvalue weighted by Crippen LogP contribution is 2.38. The number of carbonyl (C=O) groups excluding carboxylic acids is 2. The predicted octanol–water partition coefficient (Wildman–Crippen LogP) is 3.23. The predicted molar refractivity (Wildman–Crippen MR) is 142 cm³/mol. The van der Waals surface area contributed by atoms with E-state index in [4.69, 9.17) is 14.8 Å². The van der Waals surface area contributed by atoms with E-state index in [9.17, 15) is 18.4 Å². The molecular weight excluding hydrogens is 516 g/mol. The molecule has 38 heavy (non-hydrogen) atoms. The number of halogens is 2. The number of hydrogen-bond donors (Lipinski definition) is 3. The molecule has 0 radical (unpaired) electrons. The second-order valence-electron chi connectivity index (χ2n) is 8.55. The number of aromatic nitrogens is 1. The smallest absolute Gasteiger partial charge is 0.338 e. The first kappa shape index (κ1) is 29.3. The number of nitrogens with zero attached hydrogens (tertiary/aromatic N) is 3. The number of aliphatic hydroxyl groups excluding tert-OH is 1. The molecule has 0 spiro atoms. The van der Waals surface area contributed by atoms with Gasteiger partial charge in [0.25, 0.3) is 0 Å². The number of aliphatic hydroxyl groups is 1. The van der Waals surface area contributed by atoms with Crippen LogP contribution in [0.5, 0.6) is 0 Å². The van der Waals surface area contributed by atoms with Gasteiger partial charge in [0, 0.05) is 68.2 Å². The number of likely N-dealkylation sites (tertiary alicyclic amines) is 1. The zero-order chi connectivity index (χ0) is 27.7. The number of rotatable bonds is 11. The third kappa shape index (κ3) is 6.61. The molecule has 2 aromatic rings. The van der Waals surface area contributed by atoms with Gasteiger partial charge in [-0.15, -0.1) is 11.3 Å². The van der Waals surface area contributed by atoms with Crippen LogP contribution in [0.1, 0.15) is 42.8 Å². The topological polar surface area (TPSA) is 116 Å². The summed E-state index contributed by atoms with van der Waals surface area (Å²) in [4.78, 5) is 35.1. The van der Waals surface area contributed by atoms with Gasteiger partial charge in [0.05, 0.1) is 12.2 Å². The molecule has 0 amide bonds. The summed E-state index contributed by atoms with van der Waals surface area (Å²) in [7, 11) is 2.67. The number of thiazole rings is 1. The number of hydrogen-bond acceptors (Lipinski definition) is 10. The Balaban J connectivity index is 0.00000195. The molecule has 0 bridgehead atoms. The second kappa shape index (κ2) is 14.1. The SMILES string of the molecule is CCOC(=O)C1=C(CN2CC(F)C2CCCC=O)NC(c2nccs2)=N[C@H]1c1ccc(F)cc1NC.CO. The maximum atomic E-state index is 14.4. The number of esters is 1. The van der Waals surface area contributed by atoms with Crippen molar-refractivity contribution in [1.29, 1.82) is 0 Å². The monoisotopic (exact) mass is 549 g/mol. The maximum Gasteiger partial charge on any atom is 0.338 e. The minimum absolute atomic E-state index is 0.165. The summed E-state index contributed by atoms with van der Waals surface area (Å²) < 4.78 is 33.9. The molecule has 12 heteroatoms. The zero-order valence-corrected chi connectivity index (χ0v) is 22.4. The molecular formula is C26H33F2N5O4S. The molecule has 3 N–H and O–H groups in total. The summed E-state index contributed by atoms with van der Waals surface area (Å²) in [6.07, 6.45) is 3.02. The van der Waals surface area contributed by atoms with Gasteiger partial charge in [0.1, 0.15) is 24.3 Å². The quantitative estimate of drug-likeness (QED) is 0.222. The van der Waals surface area contributed by atoms with Gasteiger partial charge in [0.15, 0.2) is 10.8 Å². The number of carbonyl (C=O) groups is 2. The summed E-state index contributed by atoms with van der Waals surface area (Å²) >= 11 is 1.39. The van der Waals surface area contributed by atoms with Gasteiger partial charge in [-0.05, 0) is 31.9 Å². The molecule has 9 nitrogen and oxygen atoms in total. The summed E-state index contributed by atoms with van der Waals surface area (Å²) in [6, 6.07) is 3.14. The number of aliphatic imine (C=N–C) groups is 1. The fourth-order valence-electron chi connectivity index (χ4n) is 4.56. The van der Waals surface area contributed by atoms with E-state index < -0.39 is 24.0 Å². The van der Waals surface area contributed by atoms with E-state index in [0.717, 1.165) is 13.4 Å². The van der Waals surface area contributed by atoms with Gasteiger partial charge in [0.2, 0.25) is 0 Å². The number of benzene rings is 1. The first-order chi connectivity index (χ1) is 18.5. The zero-order valence-electron chi connectivity index (χ0n) is 21.6. The van der Waals surface area contributed by atoms with Crippen molar-refractivity contribution in [3.8, 4) is 0 Å². The third-order valence-corrected chi connectivity index (χ3v) is 7.09. The number of ether oxygens (including phenoxy) is 1. The van der Waals surface area contributed by atoms with Gasteiger partial charge in [-0.3, -0.25) is 9.89 Å². The van der Waals surface area contributed by atoms with E-state index in [1.165, 1.54) is 23.5 Å². The molecule has 2 unspecified atom stereocenters. The lowest BCUT2D eigenvalue weighted by Crippen LogP contribution is -2.59. The molecule has 1 aromatic carbocycles. The highest BCUT2D eigenvalue weighted by molar-refractivity contribution is 7.11. The highest BCUT2D eigenvalue weighted by Gasteiger charge is 2.41. The average molecular weight is 550 g/mol. The Morgan fingerprint density at radius 2 is 2.18 bits per heavy atom. The molecule has 0 aliphatic carbocycles. The van der Waals surface area contributed by atoms with Crippen LogP contribution in [0.2, 0.25) is 0 Å². The molecule has 2 aliphatic rings. The molecule has 3 atom stereocenters. The van der Waals surface area contributed by atoms with Gasteiger partial charge in [-0.25, -0.2) is 18.6 Å². The Morgan fingerprint density at radius 1 is 1.39 bits per heavy atom. The first-order valence-electron chi connectivity index (χ1n) is 12.3.